The van der Waals surface area contributed by atoms with Crippen LogP contribution in [0.4, 0.5) is 0 Å². The Morgan fingerprint density at radius 3 is 2.94 bits per heavy atom. The van der Waals surface area contributed by atoms with Crippen molar-refractivity contribution in [2.75, 3.05) is 33.7 Å². The van der Waals surface area contributed by atoms with E-state index in [0.29, 0.717) is 6.54 Å². The van der Waals surface area contributed by atoms with Crippen molar-refractivity contribution in [2.24, 2.45) is 0 Å². The maximum Gasteiger partial charge on any atom is 0.234 e. The van der Waals surface area contributed by atoms with Crippen LogP contribution < -0.4 is 10.6 Å². The number of hydrogen-bond donors (Lipinski definition) is 2. The van der Waals surface area contributed by atoms with Crippen LogP contribution in [0.3, 0.4) is 0 Å². The molecule has 0 aromatic carbocycles. The van der Waals surface area contributed by atoms with E-state index < -0.39 is 0 Å². The molecule has 1 atom stereocenters. The lowest BCUT2D eigenvalue weighted by Crippen LogP contribution is -2.37. The van der Waals surface area contributed by atoms with Crippen molar-refractivity contribution in [1.29, 1.82) is 0 Å². The molecule has 1 aromatic heterocycles. The molecule has 5 heteroatoms. The van der Waals surface area contributed by atoms with Crippen LogP contribution in [0.5, 0.6) is 0 Å². The summed E-state index contributed by atoms with van der Waals surface area (Å²) in [5.41, 5.74) is 0. The molecule has 0 aliphatic rings. The lowest BCUT2D eigenvalue weighted by molar-refractivity contribution is -0.122. The Morgan fingerprint density at radius 2 is 2.33 bits per heavy atom. The number of nitrogens with one attached hydrogen (secondary N) is 2. The normalized spacial score (nSPS) is 12.7. The zero-order chi connectivity index (χ0) is 13.4. The largest absolute Gasteiger partial charge is 0.348 e. The highest BCUT2D eigenvalue weighted by molar-refractivity contribution is 7.10. The summed E-state index contributed by atoms with van der Waals surface area (Å²) < 4.78 is 0. The summed E-state index contributed by atoms with van der Waals surface area (Å²) in [6, 6.07) is 4.15. The minimum Gasteiger partial charge on any atom is -0.348 e. The zero-order valence-corrected chi connectivity index (χ0v) is 12.2. The molecule has 1 amide bonds. The van der Waals surface area contributed by atoms with Gasteiger partial charge in [0.15, 0.2) is 0 Å². The van der Waals surface area contributed by atoms with E-state index in [-0.39, 0.29) is 11.9 Å². The smallest absolute Gasteiger partial charge is 0.234 e. The minimum absolute atomic E-state index is 0.0860. The van der Waals surface area contributed by atoms with E-state index >= 15 is 0 Å². The Labute approximate surface area is 113 Å². The van der Waals surface area contributed by atoms with Gasteiger partial charge in [-0.3, -0.25) is 9.69 Å². The highest BCUT2D eigenvalue weighted by Crippen LogP contribution is 2.17. The van der Waals surface area contributed by atoms with Crippen LogP contribution in [0.2, 0.25) is 0 Å². The molecule has 0 saturated carbocycles. The summed E-state index contributed by atoms with van der Waals surface area (Å²) in [7, 11) is 3.92. The fraction of sp³-hybridized carbons (Fsp3) is 0.615. The lowest BCUT2D eigenvalue weighted by Gasteiger charge is -2.18. The van der Waals surface area contributed by atoms with E-state index in [4.69, 9.17) is 0 Å². The van der Waals surface area contributed by atoms with E-state index in [2.05, 4.69) is 10.6 Å². The van der Waals surface area contributed by atoms with Gasteiger partial charge in [0.25, 0.3) is 0 Å². The molecule has 1 aromatic rings. The minimum atomic E-state index is 0.0860. The van der Waals surface area contributed by atoms with Gasteiger partial charge < -0.3 is 10.6 Å². The van der Waals surface area contributed by atoms with Crippen molar-refractivity contribution < 1.29 is 4.79 Å². The summed E-state index contributed by atoms with van der Waals surface area (Å²) in [4.78, 5) is 15.1. The van der Waals surface area contributed by atoms with Crippen LogP contribution in [-0.2, 0) is 4.79 Å². The molecule has 4 nitrogen and oxygen atoms in total. The number of amides is 1. The van der Waals surface area contributed by atoms with Crippen LogP contribution in [0.15, 0.2) is 17.5 Å². The molecule has 0 spiro atoms. The van der Waals surface area contributed by atoms with Gasteiger partial charge in [0.05, 0.1) is 12.6 Å². The maximum absolute atomic E-state index is 11.8. The van der Waals surface area contributed by atoms with Crippen LogP contribution >= 0.6 is 11.3 Å². The zero-order valence-electron chi connectivity index (χ0n) is 11.4. The van der Waals surface area contributed by atoms with E-state index in [0.717, 1.165) is 19.5 Å². The number of carbonyl (C=O) groups is 1. The third kappa shape index (κ3) is 5.62. The molecule has 0 fully saturated rings. The van der Waals surface area contributed by atoms with E-state index in [9.17, 15) is 4.79 Å². The van der Waals surface area contributed by atoms with Gasteiger partial charge in [0.2, 0.25) is 5.91 Å². The van der Waals surface area contributed by atoms with Gasteiger partial charge in [-0.2, -0.15) is 0 Å². The Hall–Kier alpha value is -0.910. The monoisotopic (exact) mass is 269 g/mol. The highest BCUT2D eigenvalue weighted by Gasteiger charge is 2.11. The first kappa shape index (κ1) is 15.1. The molecule has 0 aliphatic heterocycles. The van der Waals surface area contributed by atoms with Crippen molar-refractivity contribution in [1.82, 2.24) is 15.5 Å². The van der Waals surface area contributed by atoms with Crippen molar-refractivity contribution in [3.05, 3.63) is 22.4 Å². The van der Waals surface area contributed by atoms with Gasteiger partial charge in [-0.1, -0.05) is 6.07 Å². The van der Waals surface area contributed by atoms with Crippen molar-refractivity contribution in [2.45, 2.75) is 19.4 Å². The van der Waals surface area contributed by atoms with Gasteiger partial charge in [-0.05, 0) is 52.0 Å². The second kappa shape index (κ2) is 8.24. The Bertz CT molecular complexity index is 340. The lowest BCUT2D eigenvalue weighted by atomic mass is 10.2. The number of rotatable bonds is 8. The average Bonchev–Trinajstić information content (AvgIpc) is 2.82. The van der Waals surface area contributed by atoms with Gasteiger partial charge in [0.1, 0.15) is 0 Å². The topological polar surface area (TPSA) is 44.4 Å². The molecule has 2 N–H and O–H groups in total. The quantitative estimate of drug-likeness (QED) is 0.702. The SMILES string of the molecule is CNCCCN(C)CC(=O)NC(C)c1cccs1. The molecule has 102 valence electrons. The fourth-order valence-electron chi connectivity index (χ4n) is 1.75. The number of thiophene rings is 1. The third-order valence-electron chi connectivity index (χ3n) is 2.73. The first-order chi connectivity index (χ1) is 8.63. The summed E-state index contributed by atoms with van der Waals surface area (Å²) in [5.74, 6) is 0.0860. The van der Waals surface area contributed by atoms with Gasteiger partial charge in [-0.15, -0.1) is 11.3 Å². The van der Waals surface area contributed by atoms with Crippen molar-refractivity contribution >= 4 is 17.2 Å². The first-order valence-electron chi connectivity index (χ1n) is 6.29. The van der Waals surface area contributed by atoms with Crippen LogP contribution in [0, 0.1) is 0 Å². The van der Waals surface area contributed by atoms with Crippen LogP contribution in [-0.4, -0.2) is 44.5 Å². The van der Waals surface area contributed by atoms with E-state index in [1.165, 1.54) is 4.88 Å². The second-order valence-electron chi connectivity index (χ2n) is 4.50. The van der Waals surface area contributed by atoms with Gasteiger partial charge >= 0.3 is 0 Å². The Balaban J connectivity index is 2.24. The Kier molecular flexibility index (Phi) is 6.93. The summed E-state index contributed by atoms with van der Waals surface area (Å²) >= 11 is 1.67. The molecule has 1 heterocycles. The number of hydrogen-bond acceptors (Lipinski definition) is 4. The average molecular weight is 269 g/mol. The molecule has 0 aliphatic carbocycles. The van der Waals surface area contributed by atoms with Crippen LogP contribution in [0.1, 0.15) is 24.3 Å². The predicted molar refractivity (Wildman–Crippen MR) is 76.9 cm³/mol. The molecule has 18 heavy (non-hydrogen) atoms. The molecule has 1 rings (SSSR count). The van der Waals surface area contributed by atoms with Gasteiger partial charge in [-0.25, -0.2) is 0 Å². The molecular formula is C13H23N3OS. The van der Waals surface area contributed by atoms with Crippen molar-refractivity contribution in [3.8, 4) is 0 Å². The molecule has 0 radical (unpaired) electrons. The maximum atomic E-state index is 11.8. The first-order valence-corrected chi connectivity index (χ1v) is 7.17. The van der Waals surface area contributed by atoms with E-state index in [1.54, 1.807) is 11.3 Å². The Morgan fingerprint density at radius 1 is 1.56 bits per heavy atom. The molecule has 0 saturated heterocycles. The summed E-state index contributed by atoms with van der Waals surface area (Å²) in [6.07, 6.45) is 1.06. The number of nitrogens with zero attached hydrogens (tertiary/aromatic N) is 1. The van der Waals surface area contributed by atoms with E-state index in [1.807, 2.05) is 43.4 Å². The summed E-state index contributed by atoms with van der Waals surface area (Å²) in [6.45, 7) is 4.39. The number of likely N-dealkylation sites (N-methyl/N-ethyl adjacent to an activating group) is 1. The molecule has 1 unspecified atom stereocenters. The molecule has 0 bridgehead atoms. The summed E-state index contributed by atoms with van der Waals surface area (Å²) in [5, 5.41) is 8.15. The standard InChI is InChI=1S/C13H23N3OS/c1-11(12-6-4-9-18-12)15-13(17)10-16(3)8-5-7-14-2/h4,6,9,11,14H,5,7-8,10H2,1-3H3,(H,15,17). The predicted octanol–water partition coefficient (Wildman–Crippen LogP) is 1.47. The van der Waals surface area contributed by atoms with Crippen LogP contribution in [0.25, 0.3) is 0 Å². The fourth-order valence-corrected chi connectivity index (χ4v) is 2.48. The molecular weight excluding hydrogens is 246 g/mol. The number of carbonyl (C=O) groups excluding carboxylic acids is 1. The third-order valence-corrected chi connectivity index (χ3v) is 3.78. The second-order valence-corrected chi connectivity index (χ2v) is 5.48. The van der Waals surface area contributed by atoms with Gasteiger partial charge in [0, 0.05) is 4.88 Å². The van der Waals surface area contributed by atoms with Crippen molar-refractivity contribution in [3.63, 3.8) is 0 Å². The highest BCUT2D eigenvalue weighted by atomic mass is 32.1.